The fourth-order valence-electron chi connectivity index (χ4n) is 1.65. The minimum Gasteiger partial charge on any atom is -0.343 e. The van der Waals surface area contributed by atoms with Gasteiger partial charge in [0.25, 0.3) is 0 Å². The van der Waals surface area contributed by atoms with E-state index in [9.17, 15) is 4.79 Å². The van der Waals surface area contributed by atoms with E-state index in [0.717, 1.165) is 6.42 Å². The van der Waals surface area contributed by atoms with Gasteiger partial charge >= 0.3 is 0 Å². The summed E-state index contributed by atoms with van der Waals surface area (Å²) in [4.78, 5) is 13.6. The van der Waals surface area contributed by atoms with Crippen molar-refractivity contribution in [3.8, 4) is 0 Å². The average Bonchev–Trinajstić information content (AvgIpc) is 1.98. The van der Waals surface area contributed by atoms with Gasteiger partial charge in [-0.3, -0.25) is 4.79 Å². The minimum atomic E-state index is 0.0995. The van der Waals surface area contributed by atoms with Crippen molar-refractivity contribution < 1.29 is 4.79 Å². The standard InChI is InChI=1S/C12H25NO/c1-9(2)11(14)13(7)10(3)8-12(4,5)6/h9-10H,8H2,1-7H3/t10-/m0/s1. The number of hydrogen-bond donors (Lipinski definition) is 0. The molecule has 0 aromatic carbocycles. The van der Waals surface area contributed by atoms with E-state index in [4.69, 9.17) is 0 Å². The van der Waals surface area contributed by atoms with Crippen LogP contribution in [0.2, 0.25) is 0 Å². The summed E-state index contributed by atoms with van der Waals surface area (Å²) in [6.45, 7) is 12.6. The maximum Gasteiger partial charge on any atom is 0.225 e. The van der Waals surface area contributed by atoms with Crippen LogP contribution in [0.15, 0.2) is 0 Å². The molecule has 0 aromatic rings. The summed E-state index contributed by atoms with van der Waals surface area (Å²) in [5, 5.41) is 0. The van der Waals surface area contributed by atoms with Crippen LogP contribution in [0.4, 0.5) is 0 Å². The van der Waals surface area contributed by atoms with Gasteiger partial charge in [0, 0.05) is 19.0 Å². The van der Waals surface area contributed by atoms with Crippen LogP contribution < -0.4 is 0 Å². The predicted molar refractivity (Wildman–Crippen MR) is 61.1 cm³/mol. The molecule has 0 bridgehead atoms. The molecule has 0 rings (SSSR count). The first kappa shape index (κ1) is 13.5. The molecule has 0 unspecified atom stereocenters. The summed E-state index contributed by atoms with van der Waals surface area (Å²) >= 11 is 0. The van der Waals surface area contributed by atoms with Crippen LogP contribution in [0, 0.1) is 11.3 Å². The van der Waals surface area contributed by atoms with Crippen LogP contribution in [0.5, 0.6) is 0 Å². The SMILES string of the molecule is CC(C)C(=O)N(C)[C@@H](C)CC(C)(C)C. The van der Waals surface area contributed by atoms with Crippen molar-refractivity contribution in [1.29, 1.82) is 0 Å². The Morgan fingerprint density at radius 2 is 1.64 bits per heavy atom. The Balaban J connectivity index is 4.26. The van der Waals surface area contributed by atoms with E-state index in [2.05, 4.69) is 27.7 Å². The van der Waals surface area contributed by atoms with Crippen molar-refractivity contribution in [3.05, 3.63) is 0 Å². The number of nitrogens with zero attached hydrogens (tertiary/aromatic N) is 1. The molecule has 0 radical (unpaired) electrons. The van der Waals surface area contributed by atoms with Crippen LogP contribution in [-0.2, 0) is 4.79 Å². The fraction of sp³-hybridized carbons (Fsp3) is 0.917. The molecule has 0 aromatic heterocycles. The van der Waals surface area contributed by atoms with Gasteiger partial charge in [0.05, 0.1) is 0 Å². The first-order valence-corrected chi connectivity index (χ1v) is 5.42. The van der Waals surface area contributed by atoms with Gasteiger partial charge in [-0.25, -0.2) is 0 Å². The summed E-state index contributed by atoms with van der Waals surface area (Å²) in [5.41, 5.74) is 0.283. The third-order valence-corrected chi connectivity index (χ3v) is 2.41. The molecule has 14 heavy (non-hydrogen) atoms. The lowest BCUT2D eigenvalue weighted by molar-refractivity contribution is -0.135. The van der Waals surface area contributed by atoms with Crippen molar-refractivity contribution in [2.24, 2.45) is 11.3 Å². The minimum absolute atomic E-state index is 0.0995. The molecule has 2 nitrogen and oxygen atoms in total. The van der Waals surface area contributed by atoms with Gasteiger partial charge in [0.2, 0.25) is 5.91 Å². The van der Waals surface area contributed by atoms with Gasteiger partial charge in [-0.1, -0.05) is 34.6 Å². The Morgan fingerprint density at radius 3 is 1.93 bits per heavy atom. The molecule has 0 fully saturated rings. The Labute approximate surface area is 88.7 Å². The van der Waals surface area contributed by atoms with Crippen molar-refractivity contribution in [3.63, 3.8) is 0 Å². The highest BCUT2D eigenvalue weighted by molar-refractivity contribution is 5.78. The first-order chi connectivity index (χ1) is 6.15. The second-order valence-corrected chi connectivity index (χ2v) is 5.72. The highest BCUT2D eigenvalue weighted by Crippen LogP contribution is 2.23. The lowest BCUT2D eigenvalue weighted by Crippen LogP contribution is -2.39. The van der Waals surface area contributed by atoms with E-state index in [1.54, 1.807) is 0 Å². The number of rotatable bonds is 3. The normalized spacial score (nSPS) is 14.3. The third-order valence-electron chi connectivity index (χ3n) is 2.41. The molecule has 1 atom stereocenters. The van der Waals surface area contributed by atoms with E-state index in [1.807, 2.05) is 25.8 Å². The van der Waals surface area contributed by atoms with Gasteiger partial charge in [-0.15, -0.1) is 0 Å². The molecule has 0 spiro atoms. The number of carbonyl (C=O) groups excluding carboxylic acids is 1. The number of carbonyl (C=O) groups is 1. The maximum atomic E-state index is 11.7. The summed E-state index contributed by atoms with van der Waals surface area (Å²) in [7, 11) is 1.90. The topological polar surface area (TPSA) is 20.3 Å². The van der Waals surface area contributed by atoms with Gasteiger partial charge < -0.3 is 4.90 Å². The molecular weight excluding hydrogens is 174 g/mol. The molecule has 0 saturated carbocycles. The second kappa shape index (κ2) is 4.81. The predicted octanol–water partition coefficient (Wildman–Crippen LogP) is 2.93. The zero-order valence-electron chi connectivity index (χ0n) is 10.7. The van der Waals surface area contributed by atoms with Gasteiger partial charge in [-0.2, -0.15) is 0 Å². The van der Waals surface area contributed by atoms with Crippen LogP contribution in [0.3, 0.4) is 0 Å². The summed E-state index contributed by atoms with van der Waals surface area (Å²) < 4.78 is 0. The van der Waals surface area contributed by atoms with E-state index in [-0.39, 0.29) is 17.2 Å². The molecule has 2 heteroatoms. The molecule has 0 aliphatic heterocycles. The molecule has 84 valence electrons. The largest absolute Gasteiger partial charge is 0.343 e. The Hall–Kier alpha value is -0.530. The Kier molecular flexibility index (Phi) is 4.63. The van der Waals surface area contributed by atoms with Gasteiger partial charge in [0.15, 0.2) is 0 Å². The highest BCUT2D eigenvalue weighted by atomic mass is 16.2. The van der Waals surface area contributed by atoms with E-state index >= 15 is 0 Å². The lowest BCUT2D eigenvalue weighted by atomic mass is 9.88. The lowest BCUT2D eigenvalue weighted by Gasteiger charge is -2.31. The fourth-order valence-corrected chi connectivity index (χ4v) is 1.65. The van der Waals surface area contributed by atoms with Crippen LogP contribution >= 0.6 is 0 Å². The molecule has 0 aliphatic rings. The first-order valence-electron chi connectivity index (χ1n) is 5.42. The Bertz CT molecular complexity index is 191. The molecule has 0 heterocycles. The van der Waals surface area contributed by atoms with Crippen LogP contribution in [0.1, 0.15) is 48.0 Å². The van der Waals surface area contributed by atoms with Crippen molar-refractivity contribution in [2.45, 2.75) is 54.0 Å². The number of amides is 1. The van der Waals surface area contributed by atoms with Crippen LogP contribution in [-0.4, -0.2) is 23.9 Å². The van der Waals surface area contributed by atoms with E-state index in [1.165, 1.54) is 0 Å². The van der Waals surface area contributed by atoms with Gasteiger partial charge in [0.1, 0.15) is 0 Å². The second-order valence-electron chi connectivity index (χ2n) is 5.72. The zero-order valence-corrected chi connectivity index (χ0v) is 10.7. The molecular formula is C12H25NO. The molecule has 0 aliphatic carbocycles. The third kappa shape index (κ3) is 4.64. The molecule has 1 amide bonds. The molecule has 0 N–H and O–H groups in total. The summed E-state index contributed by atoms with van der Waals surface area (Å²) in [5.74, 6) is 0.337. The van der Waals surface area contributed by atoms with E-state index < -0.39 is 0 Å². The summed E-state index contributed by atoms with van der Waals surface area (Å²) in [6.07, 6.45) is 1.04. The zero-order chi connectivity index (χ0) is 11.5. The van der Waals surface area contributed by atoms with Crippen molar-refractivity contribution >= 4 is 5.91 Å². The average molecular weight is 199 g/mol. The van der Waals surface area contributed by atoms with E-state index in [0.29, 0.717) is 6.04 Å². The summed E-state index contributed by atoms with van der Waals surface area (Å²) in [6, 6.07) is 0.324. The van der Waals surface area contributed by atoms with Crippen molar-refractivity contribution in [2.75, 3.05) is 7.05 Å². The smallest absolute Gasteiger partial charge is 0.225 e. The van der Waals surface area contributed by atoms with Gasteiger partial charge in [-0.05, 0) is 18.8 Å². The van der Waals surface area contributed by atoms with Crippen molar-refractivity contribution in [1.82, 2.24) is 4.90 Å². The maximum absolute atomic E-state index is 11.7. The highest BCUT2D eigenvalue weighted by Gasteiger charge is 2.22. The van der Waals surface area contributed by atoms with Crippen LogP contribution in [0.25, 0.3) is 0 Å². The monoisotopic (exact) mass is 199 g/mol. The Morgan fingerprint density at radius 1 is 1.21 bits per heavy atom. The molecule has 0 saturated heterocycles. The number of hydrogen-bond acceptors (Lipinski definition) is 1. The quantitative estimate of drug-likeness (QED) is 0.684.